The number of amides is 2. The summed E-state index contributed by atoms with van der Waals surface area (Å²) in [5.41, 5.74) is 18.6. The lowest BCUT2D eigenvalue weighted by Crippen LogP contribution is -2.35. The summed E-state index contributed by atoms with van der Waals surface area (Å²) in [6.45, 7) is 5.35. The highest BCUT2D eigenvalue weighted by molar-refractivity contribution is 5.78. The number of carbonyl (C=O) groups excluding carboxylic acids is 2. The van der Waals surface area contributed by atoms with Gasteiger partial charge in [-0.1, -0.05) is 12.5 Å². The molecule has 12 nitrogen and oxygen atoms in total. The molecule has 3 aliphatic rings. The third-order valence-electron chi connectivity index (χ3n) is 7.12. The highest BCUT2D eigenvalue weighted by Crippen LogP contribution is 2.23. The Kier molecular flexibility index (Phi) is 14.1. The lowest BCUT2D eigenvalue weighted by molar-refractivity contribution is -0.122. The summed E-state index contributed by atoms with van der Waals surface area (Å²) in [4.78, 5) is 36.6. The molecule has 4 rings (SSSR count). The van der Waals surface area contributed by atoms with Gasteiger partial charge in [0.25, 0.3) is 0 Å². The zero-order valence-corrected chi connectivity index (χ0v) is 24.3. The number of carbonyl (C=O) groups is 2. The summed E-state index contributed by atoms with van der Waals surface area (Å²) in [5.74, 6) is -0.293. The molecule has 4 heterocycles. The van der Waals surface area contributed by atoms with E-state index in [0.29, 0.717) is 31.0 Å². The van der Waals surface area contributed by atoms with Crippen LogP contribution in [0.1, 0.15) is 57.6 Å². The van der Waals surface area contributed by atoms with Crippen LogP contribution in [-0.4, -0.2) is 69.8 Å². The number of rotatable bonds is 7. The van der Waals surface area contributed by atoms with Gasteiger partial charge in [0.2, 0.25) is 17.2 Å². The van der Waals surface area contributed by atoms with Gasteiger partial charge in [-0.3, -0.25) is 14.4 Å². The quantitative estimate of drug-likeness (QED) is 0.232. The number of hydrogen-bond donors (Lipinski definition) is 7. The van der Waals surface area contributed by atoms with Gasteiger partial charge in [-0.05, 0) is 58.4 Å². The third kappa shape index (κ3) is 11.4. The maximum Gasteiger partial charge on any atom is 0.239 e. The van der Waals surface area contributed by atoms with Gasteiger partial charge < -0.3 is 47.5 Å². The molecule has 10 N–H and O–H groups in total. The monoisotopic (exact) mass is 573 g/mol. The third-order valence-corrected chi connectivity index (χ3v) is 7.12. The zero-order chi connectivity index (χ0) is 30.4. The number of nitrogens with one attached hydrogen (secondary N) is 2. The molecular formula is C29H47N7O5. The second kappa shape index (κ2) is 17.3. The molecule has 1 aromatic heterocycles. The van der Waals surface area contributed by atoms with Gasteiger partial charge in [0.05, 0.1) is 11.4 Å². The Morgan fingerprint density at radius 2 is 1.98 bits per heavy atom. The second-order valence-electron chi connectivity index (χ2n) is 10.5. The van der Waals surface area contributed by atoms with Gasteiger partial charge in [-0.15, -0.1) is 0 Å². The van der Waals surface area contributed by atoms with Crippen molar-refractivity contribution in [3.63, 3.8) is 0 Å². The average Bonchev–Trinajstić information content (AvgIpc) is 2.95. The van der Waals surface area contributed by atoms with Crippen molar-refractivity contribution >= 4 is 11.8 Å². The summed E-state index contributed by atoms with van der Waals surface area (Å²) in [5, 5.41) is 25.4. The molecule has 0 fully saturated rings. The smallest absolute Gasteiger partial charge is 0.239 e. The first-order chi connectivity index (χ1) is 19.5. The van der Waals surface area contributed by atoms with Crippen LogP contribution in [-0.2, 0) is 16.1 Å². The van der Waals surface area contributed by atoms with Crippen molar-refractivity contribution in [1.29, 1.82) is 0 Å². The Morgan fingerprint density at radius 3 is 2.71 bits per heavy atom. The van der Waals surface area contributed by atoms with Crippen molar-refractivity contribution in [2.75, 3.05) is 26.2 Å². The lowest BCUT2D eigenvalue weighted by Gasteiger charge is -2.25. The normalized spacial score (nSPS) is 20.1. The highest BCUT2D eigenvalue weighted by atomic mass is 16.3. The Bertz CT molecular complexity index is 1170. The Hall–Kier alpha value is -3.61. The molecule has 0 aliphatic carbocycles. The van der Waals surface area contributed by atoms with E-state index in [9.17, 15) is 24.6 Å². The van der Waals surface area contributed by atoms with Gasteiger partial charge >= 0.3 is 0 Å². The number of allylic oxidation sites excluding steroid dienone is 3. The van der Waals surface area contributed by atoms with Gasteiger partial charge in [-0.2, -0.15) is 0 Å². The topological polar surface area (TPSA) is 202 Å². The minimum absolute atomic E-state index is 0.0293. The van der Waals surface area contributed by atoms with E-state index in [0.717, 1.165) is 50.5 Å². The molecule has 0 saturated carbocycles. The minimum Gasteiger partial charge on any atom is -0.506 e. The number of nitrogens with zero attached hydrogens (tertiary/aromatic N) is 2. The first-order valence-corrected chi connectivity index (χ1v) is 14.2. The SMILES string of the molecule is CC1=C(O)/C2=C/CCC(N)CCCCNC(=O)CN1C=C2.Cc1c(O)c(=O)ccn1CC(=O)NCCCC(N)CN. The molecule has 3 aliphatic heterocycles. The fourth-order valence-electron chi connectivity index (χ4n) is 4.36. The van der Waals surface area contributed by atoms with E-state index in [-0.39, 0.29) is 48.5 Å². The van der Waals surface area contributed by atoms with Crippen molar-refractivity contribution in [3.05, 3.63) is 63.6 Å². The highest BCUT2D eigenvalue weighted by Gasteiger charge is 2.18. The van der Waals surface area contributed by atoms with Crippen molar-refractivity contribution in [1.82, 2.24) is 20.1 Å². The van der Waals surface area contributed by atoms with Crippen molar-refractivity contribution < 1.29 is 19.8 Å². The molecule has 0 spiro atoms. The maximum atomic E-state index is 11.9. The maximum absolute atomic E-state index is 11.9. The summed E-state index contributed by atoms with van der Waals surface area (Å²) >= 11 is 0. The molecule has 1 aromatic rings. The van der Waals surface area contributed by atoms with Crippen molar-refractivity contribution in [2.24, 2.45) is 17.2 Å². The van der Waals surface area contributed by atoms with Crippen molar-refractivity contribution in [2.45, 2.75) is 77.4 Å². The number of aromatic hydroxyl groups is 1. The summed E-state index contributed by atoms with van der Waals surface area (Å²) < 4.78 is 1.53. The standard InChI is InChI=1S/C16H25N3O2.C13H22N4O3/c1-12-16(21)13-5-4-7-14(17)6-2-3-9-18-15(20)11-19(12)10-8-13;1-9-13(20)11(18)4-6-17(9)8-12(19)16-5-2-3-10(15)7-14/h5,8,10,14,21H,2-4,6-7,9,11,17H2,1H3,(H,18,20);4,6,10,20H,2-3,5,7-8,14-15H2,1H3,(H,16,19)/b13-5+;. The number of hydrogen-bond acceptors (Lipinski definition) is 9. The molecule has 0 radical (unpaired) electrons. The van der Waals surface area contributed by atoms with Crippen LogP contribution < -0.4 is 33.3 Å². The van der Waals surface area contributed by atoms with E-state index in [1.807, 2.05) is 25.3 Å². The molecule has 2 atom stereocenters. The minimum atomic E-state index is -0.449. The number of pyridine rings is 1. The molecule has 12 heteroatoms. The van der Waals surface area contributed by atoms with Crippen LogP contribution in [0.3, 0.4) is 0 Å². The van der Waals surface area contributed by atoms with Gasteiger partial charge in [-0.25, -0.2) is 0 Å². The lowest BCUT2D eigenvalue weighted by atomic mass is 10.0. The predicted octanol–water partition coefficient (Wildman–Crippen LogP) is 0.984. The van der Waals surface area contributed by atoms with Crippen LogP contribution in [0, 0.1) is 6.92 Å². The molecule has 0 aromatic carbocycles. The number of nitrogens with two attached hydrogens (primary N) is 3. The molecule has 2 bridgehead atoms. The van der Waals surface area contributed by atoms with Crippen LogP contribution in [0.2, 0.25) is 0 Å². The fourth-order valence-corrected chi connectivity index (χ4v) is 4.36. The fraction of sp³-hybridized carbons (Fsp3) is 0.552. The van der Waals surface area contributed by atoms with Gasteiger partial charge in [0.1, 0.15) is 18.8 Å². The predicted molar refractivity (Wildman–Crippen MR) is 160 cm³/mol. The van der Waals surface area contributed by atoms with Crippen LogP contribution >= 0.6 is 0 Å². The first-order valence-electron chi connectivity index (χ1n) is 14.2. The first kappa shape index (κ1) is 33.6. The number of aliphatic hydroxyl groups excluding tert-OH is 1. The zero-order valence-electron chi connectivity index (χ0n) is 24.3. The second-order valence-corrected chi connectivity index (χ2v) is 10.5. The molecule has 41 heavy (non-hydrogen) atoms. The molecule has 2 amide bonds. The number of aromatic nitrogens is 1. The summed E-state index contributed by atoms with van der Waals surface area (Å²) in [6, 6.07) is 1.37. The van der Waals surface area contributed by atoms with Gasteiger partial charge in [0, 0.05) is 55.8 Å². The van der Waals surface area contributed by atoms with E-state index in [4.69, 9.17) is 17.2 Å². The van der Waals surface area contributed by atoms with Crippen LogP contribution in [0.4, 0.5) is 0 Å². The largest absolute Gasteiger partial charge is 0.506 e. The van der Waals surface area contributed by atoms with Crippen LogP contribution in [0.15, 0.2) is 52.4 Å². The molecule has 2 unspecified atom stereocenters. The van der Waals surface area contributed by atoms with Crippen molar-refractivity contribution in [3.8, 4) is 5.75 Å². The van der Waals surface area contributed by atoms with E-state index >= 15 is 0 Å². The molecule has 228 valence electrons. The number of fused-ring (bicyclic) bond motifs is 10. The molecular weight excluding hydrogens is 526 g/mol. The Balaban J connectivity index is 0.000000287. The molecule has 0 saturated heterocycles. The van der Waals surface area contributed by atoms with E-state index in [1.54, 1.807) is 11.8 Å². The van der Waals surface area contributed by atoms with Crippen LogP contribution in [0.25, 0.3) is 0 Å². The number of aliphatic hydroxyl groups is 1. The Morgan fingerprint density at radius 1 is 1.22 bits per heavy atom. The van der Waals surface area contributed by atoms with E-state index in [1.165, 1.54) is 16.8 Å². The van der Waals surface area contributed by atoms with E-state index < -0.39 is 5.43 Å². The van der Waals surface area contributed by atoms with Crippen LogP contribution in [0.5, 0.6) is 5.75 Å². The summed E-state index contributed by atoms with van der Waals surface area (Å²) in [6.07, 6.45) is 13.5. The van der Waals surface area contributed by atoms with E-state index in [2.05, 4.69) is 10.6 Å². The van der Waals surface area contributed by atoms with Gasteiger partial charge in [0.15, 0.2) is 5.75 Å². The Labute approximate surface area is 241 Å². The summed E-state index contributed by atoms with van der Waals surface area (Å²) in [7, 11) is 0. The average molecular weight is 574 g/mol.